The number of anilines is 1. The summed E-state index contributed by atoms with van der Waals surface area (Å²) >= 11 is 6.03. The zero-order valence-electron chi connectivity index (χ0n) is 19.7. The molecule has 1 atom stereocenters. The van der Waals surface area contributed by atoms with Gasteiger partial charge in [0.25, 0.3) is 5.56 Å². The highest BCUT2D eigenvalue weighted by Crippen LogP contribution is 2.39. The molecule has 3 N–H and O–H groups in total. The molecule has 2 heterocycles. The van der Waals surface area contributed by atoms with E-state index in [4.69, 9.17) is 40.6 Å². The van der Waals surface area contributed by atoms with Crippen molar-refractivity contribution in [2.24, 2.45) is 0 Å². The Kier molecular flexibility index (Phi) is 9.57. The van der Waals surface area contributed by atoms with Crippen LogP contribution in [0.2, 0.25) is 5.02 Å². The maximum Gasteiger partial charge on any atom is 0.515 e. The first-order chi connectivity index (χ1) is 18.4. The van der Waals surface area contributed by atoms with E-state index in [0.717, 1.165) is 17.7 Å². The van der Waals surface area contributed by atoms with E-state index in [1.54, 1.807) is 22.8 Å². The van der Waals surface area contributed by atoms with Crippen molar-refractivity contribution in [2.75, 3.05) is 25.5 Å². The monoisotopic (exact) mass is 565 g/mol. The highest BCUT2D eigenvalue weighted by Gasteiger charge is 2.15. The van der Waals surface area contributed by atoms with Gasteiger partial charge in [-0.25, -0.2) is 14.2 Å². The van der Waals surface area contributed by atoms with Crippen LogP contribution in [0.25, 0.3) is 11.2 Å². The summed E-state index contributed by atoms with van der Waals surface area (Å²) < 4.78 is 41.6. The van der Waals surface area contributed by atoms with Gasteiger partial charge in [0.05, 0.1) is 19.5 Å². The number of rotatable bonds is 12. The number of benzene rings is 2. The van der Waals surface area contributed by atoms with Crippen LogP contribution in [0.3, 0.4) is 0 Å². The third kappa shape index (κ3) is 7.94. The van der Waals surface area contributed by atoms with E-state index in [1.165, 1.54) is 18.5 Å². The second-order valence-electron chi connectivity index (χ2n) is 7.53. The van der Waals surface area contributed by atoms with Gasteiger partial charge >= 0.3 is 6.16 Å². The van der Waals surface area contributed by atoms with Gasteiger partial charge in [0.1, 0.15) is 17.9 Å². The van der Waals surface area contributed by atoms with Gasteiger partial charge in [-0.05, 0) is 42.0 Å². The summed E-state index contributed by atoms with van der Waals surface area (Å²) in [4.78, 5) is 34.4. The van der Waals surface area contributed by atoms with E-state index in [9.17, 15) is 14.0 Å². The number of hydrogen-bond donors (Lipinski definition) is 2. The first kappa shape index (κ1) is 27.4. The summed E-state index contributed by atoms with van der Waals surface area (Å²) in [5, 5.41) is 0.556. The van der Waals surface area contributed by atoms with Crippen molar-refractivity contribution in [1.82, 2.24) is 19.5 Å². The van der Waals surface area contributed by atoms with Crippen LogP contribution in [0.1, 0.15) is 5.56 Å². The molecule has 0 aliphatic carbocycles. The number of nitrogen functional groups attached to an aromatic ring is 1. The van der Waals surface area contributed by atoms with Gasteiger partial charge in [0.2, 0.25) is 21.1 Å². The van der Waals surface area contributed by atoms with Crippen LogP contribution in [0.4, 0.5) is 15.1 Å². The van der Waals surface area contributed by atoms with Gasteiger partial charge in [-0.2, -0.15) is 4.98 Å². The predicted octanol–water partition coefficient (Wildman–Crippen LogP) is 4.19. The Morgan fingerprint density at radius 2 is 2.00 bits per heavy atom. The smallest absolute Gasteiger partial charge is 0.406 e. The Balaban J connectivity index is 1.28. The Bertz CT molecular complexity index is 1440. The van der Waals surface area contributed by atoms with Crippen molar-refractivity contribution >= 4 is 43.2 Å². The fraction of sp³-hybridized carbons (Fsp3) is 0.217. The highest BCUT2D eigenvalue weighted by molar-refractivity contribution is 7.46. The number of H-pyrrole nitrogens is 1. The maximum atomic E-state index is 13.0. The lowest BCUT2D eigenvalue weighted by atomic mass is 10.2. The molecule has 200 valence electrons. The molecule has 15 heteroatoms. The molecule has 4 aromatic rings. The van der Waals surface area contributed by atoms with Gasteiger partial charge in [0.15, 0.2) is 11.2 Å². The van der Waals surface area contributed by atoms with Crippen molar-refractivity contribution in [1.29, 1.82) is 0 Å². The average Bonchev–Trinajstić information content (AvgIpc) is 3.29. The zero-order chi connectivity index (χ0) is 26.9. The third-order valence-electron chi connectivity index (χ3n) is 4.82. The number of carbonyl (C=O) groups excluding carboxylic acids is 1. The summed E-state index contributed by atoms with van der Waals surface area (Å²) in [6, 6.07) is 12.0. The number of nitrogens with two attached hydrogens (primary N) is 1. The number of halogens is 2. The first-order valence-corrected chi connectivity index (χ1v) is 12.8. The van der Waals surface area contributed by atoms with E-state index in [2.05, 4.69) is 15.0 Å². The highest BCUT2D eigenvalue weighted by atomic mass is 35.5. The minimum Gasteiger partial charge on any atom is -0.406 e. The molecule has 2 aromatic carbocycles. The predicted molar refractivity (Wildman–Crippen MR) is 136 cm³/mol. The molecule has 12 nitrogen and oxygen atoms in total. The van der Waals surface area contributed by atoms with Crippen LogP contribution in [0.15, 0.2) is 59.7 Å². The molecule has 0 aliphatic heterocycles. The number of ether oxygens (including phenoxy) is 3. The number of imidazole rings is 1. The summed E-state index contributed by atoms with van der Waals surface area (Å²) in [7, 11) is -1.67. The van der Waals surface area contributed by atoms with E-state index in [-0.39, 0.29) is 36.8 Å². The Morgan fingerprint density at radius 3 is 2.79 bits per heavy atom. The lowest BCUT2D eigenvalue weighted by Gasteiger charge is -2.18. The second-order valence-corrected chi connectivity index (χ2v) is 9.41. The quantitative estimate of drug-likeness (QED) is 0.0840. The van der Waals surface area contributed by atoms with Gasteiger partial charge < -0.3 is 29.0 Å². The molecule has 0 saturated heterocycles. The zero-order valence-corrected chi connectivity index (χ0v) is 21.4. The second kappa shape index (κ2) is 13.3. The van der Waals surface area contributed by atoms with Gasteiger partial charge in [-0.3, -0.25) is 14.3 Å². The largest absolute Gasteiger partial charge is 0.515 e. The molecule has 4 rings (SSSR count). The molecule has 0 bridgehead atoms. The number of nitrogens with zero attached hydrogens (tertiary/aromatic N) is 3. The fourth-order valence-corrected chi connectivity index (χ4v) is 4.26. The summed E-state index contributed by atoms with van der Waals surface area (Å²) in [5.74, 6) is -0.370. The molecule has 0 fully saturated rings. The lowest BCUT2D eigenvalue weighted by molar-refractivity contribution is 0.0244. The molecule has 0 amide bonds. The van der Waals surface area contributed by atoms with Crippen LogP contribution < -0.4 is 16.0 Å². The van der Waals surface area contributed by atoms with Crippen LogP contribution in [-0.4, -0.2) is 45.4 Å². The summed E-state index contributed by atoms with van der Waals surface area (Å²) in [6.07, 6.45) is 0.469. The number of aromatic amines is 1. The maximum absolute atomic E-state index is 13.0. The van der Waals surface area contributed by atoms with Crippen molar-refractivity contribution in [3.63, 3.8) is 0 Å². The number of hydrogen-bond acceptors (Lipinski definition) is 10. The lowest BCUT2D eigenvalue weighted by Crippen LogP contribution is -2.14. The van der Waals surface area contributed by atoms with Gasteiger partial charge in [-0.15, -0.1) is 0 Å². The minimum absolute atomic E-state index is 0.0190. The molecule has 0 aliphatic rings. The Hall–Kier alpha value is -3.61. The number of fused-ring (bicyclic) bond motifs is 1. The van der Waals surface area contributed by atoms with Crippen molar-refractivity contribution in [2.45, 2.75) is 13.2 Å². The number of aromatic nitrogens is 4. The van der Waals surface area contributed by atoms with E-state index in [0.29, 0.717) is 17.2 Å². The van der Waals surface area contributed by atoms with Crippen molar-refractivity contribution in [3.05, 3.63) is 81.6 Å². The molecule has 38 heavy (non-hydrogen) atoms. The average molecular weight is 566 g/mol. The molecular formula is C23H22ClFN5O7P. The molecule has 0 spiro atoms. The van der Waals surface area contributed by atoms with Crippen LogP contribution in [0, 0.1) is 5.82 Å². The molecule has 0 radical (unpaired) electrons. The first-order valence-electron chi connectivity index (χ1n) is 11.0. The number of nitrogens with one attached hydrogen (secondary N) is 1. The van der Waals surface area contributed by atoms with Gasteiger partial charge in [-0.1, -0.05) is 23.7 Å². The Morgan fingerprint density at radius 1 is 1.18 bits per heavy atom. The topological polar surface area (TPSA) is 153 Å². The van der Waals surface area contributed by atoms with Crippen molar-refractivity contribution < 1.29 is 32.4 Å². The van der Waals surface area contributed by atoms with E-state index in [1.807, 2.05) is 6.07 Å². The minimum atomic E-state index is -1.67. The molecular weight excluding hydrogens is 544 g/mol. The molecule has 2 aromatic heterocycles. The van der Waals surface area contributed by atoms with E-state index >= 15 is 0 Å². The summed E-state index contributed by atoms with van der Waals surface area (Å²) in [5.41, 5.74) is 6.49. The summed E-state index contributed by atoms with van der Waals surface area (Å²) in [6.45, 7) is 0.233. The van der Waals surface area contributed by atoms with Crippen LogP contribution in [-0.2, 0) is 31.7 Å². The standard InChI is InChI=1S/C23H22ClFN5O7P/c24-16-3-1-2-15(10-16)11-35-38(36-13-34-23(32)37-18-6-4-17(25)5-7-18)14-33-9-8-30-12-27-19-20(30)28-22(26)29-21(19)31/h1-7,10,12H,8-9,11,13-14H2,(H3,26,28,29,31). The van der Waals surface area contributed by atoms with Gasteiger partial charge in [0, 0.05) is 11.6 Å². The normalized spacial score (nSPS) is 11.9. The fourth-order valence-electron chi connectivity index (χ4n) is 3.08. The molecule has 0 saturated carbocycles. The Labute approximate surface area is 221 Å². The van der Waals surface area contributed by atoms with Crippen LogP contribution >= 0.6 is 20.0 Å². The SMILES string of the molecule is Nc1nc2c(ncn2CCOCP(OCOC(=O)Oc2ccc(F)cc2)OCc2cccc(Cl)c2)c(=O)[nH]1. The third-order valence-corrected chi connectivity index (χ3v) is 6.26. The van der Waals surface area contributed by atoms with Crippen LogP contribution in [0.5, 0.6) is 5.75 Å². The number of carbonyl (C=O) groups is 1. The van der Waals surface area contributed by atoms with Crippen molar-refractivity contribution in [3.8, 4) is 5.75 Å². The van der Waals surface area contributed by atoms with E-state index < -0.39 is 32.7 Å². The molecule has 1 unspecified atom stereocenters.